The number of likely N-dealkylation sites (N-methyl/N-ethyl adjacent to an activating group) is 1. The number of nitrogens with zero attached hydrogens (tertiary/aromatic N) is 2. The predicted octanol–water partition coefficient (Wildman–Crippen LogP) is 3.64. The third kappa shape index (κ3) is 5.34. The molecule has 2 aromatic rings. The SMILES string of the molecule is CN1CCOc2ccccc2C(=O)NCCCCC2(CCN(C(=O)c3c(F)cccc3F)CC2)C1=O. The summed E-state index contributed by atoms with van der Waals surface area (Å²) >= 11 is 0. The fraction of sp³-hybridized carbons (Fsp3) is 0.444. The van der Waals surface area contributed by atoms with Crippen molar-refractivity contribution in [2.75, 3.05) is 39.8 Å². The maximum Gasteiger partial charge on any atom is 0.259 e. The standard InChI is InChI=1S/C27H31F2N3O4/c1-31-17-18-36-22-10-3-2-7-19(22)24(33)30-14-5-4-11-27(26(31)35)12-15-32(16-13-27)25(34)23-20(28)8-6-9-21(23)29/h2-3,6-10H,4-5,11-18H2,1H3,(H,30,33). The molecule has 1 N–H and O–H groups in total. The van der Waals surface area contributed by atoms with Gasteiger partial charge in [0, 0.05) is 26.7 Å². The molecule has 0 atom stereocenters. The van der Waals surface area contributed by atoms with Crippen LogP contribution >= 0.6 is 0 Å². The molecule has 0 aliphatic carbocycles. The van der Waals surface area contributed by atoms with Crippen molar-refractivity contribution in [3.8, 4) is 5.75 Å². The van der Waals surface area contributed by atoms with Gasteiger partial charge in [-0.25, -0.2) is 8.78 Å². The first-order valence-corrected chi connectivity index (χ1v) is 12.3. The first-order chi connectivity index (χ1) is 17.3. The molecule has 0 saturated carbocycles. The molecule has 4 rings (SSSR count). The van der Waals surface area contributed by atoms with E-state index in [0.29, 0.717) is 56.5 Å². The molecule has 2 heterocycles. The lowest BCUT2D eigenvalue weighted by molar-refractivity contribution is -0.144. The van der Waals surface area contributed by atoms with Crippen LogP contribution in [0.5, 0.6) is 5.75 Å². The van der Waals surface area contributed by atoms with Crippen LogP contribution in [0.1, 0.15) is 52.8 Å². The zero-order valence-electron chi connectivity index (χ0n) is 20.4. The third-order valence-electron chi connectivity index (χ3n) is 7.17. The van der Waals surface area contributed by atoms with Crippen molar-refractivity contribution in [3.63, 3.8) is 0 Å². The van der Waals surface area contributed by atoms with Gasteiger partial charge in [0.05, 0.1) is 17.5 Å². The van der Waals surface area contributed by atoms with Crippen molar-refractivity contribution in [2.45, 2.75) is 32.1 Å². The van der Waals surface area contributed by atoms with E-state index < -0.39 is 28.5 Å². The number of carbonyl (C=O) groups excluding carboxylic acids is 3. The Labute approximate surface area is 209 Å². The molecule has 192 valence electrons. The number of nitrogens with one attached hydrogen (secondary N) is 1. The Bertz CT molecular complexity index is 1110. The molecule has 1 spiro atoms. The van der Waals surface area contributed by atoms with Crippen molar-refractivity contribution in [3.05, 3.63) is 65.2 Å². The van der Waals surface area contributed by atoms with E-state index in [0.717, 1.165) is 12.1 Å². The molecule has 2 aliphatic rings. The zero-order chi connectivity index (χ0) is 25.7. The summed E-state index contributed by atoms with van der Waals surface area (Å²) in [6, 6.07) is 10.4. The van der Waals surface area contributed by atoms with Gasteiger partial charge in [0.25, 0.3) is 11.8 Å². The van der Waals surface area contributed by atoms with Crippen LogP contribution in [0, 0.1) is 17.0 Å². The summed E-state index contributed by atoms with van der Waals surface area (Å²) in [5, 5.41) is 2.92. The predicted molar refractivity (Wildman–Crippen MR) is 130 cm³/mol. The Hall–Kier alpha value is -3.49. The summed E-state index contributed by atoms with van der Waals surface area (Å²) in [4.78, 5) is 42.2. The highest BCUT2D eigenvalue weighted by Crippen LogP contribution is 2.39. The van der Waals surface area contributed by atoms with E-state index in [4.69, 9.17) is 4.74 Å². The molecule has 0 bridgehead atoms. The number of benzene rings is 2. The third-order valence-corrected chi connectivity index (χ3v) is 7.17. The Balaban J connectivity index is 1.48. The first kappa shape index (κ1) is 25.6. The number of ether oxygens (including phenoxy) is 1. The second-order valence-electron chi connectivity index (χ2n) is 9.45. The molecular weight excluding hydrogens is 468 g/mol. The van der Waals surface area contributed by atoms with Crippen LogP contribution in [0.3, 0.4) is 0 Å². The van der Waals surface area contributed by atoms with Crippen molar-refractivity contribution in [1.82, 2.24) is 15.1 Å². The molecule has 0 unspecified atom stereocenters. The number of fused-ring (bicyclic) bond motifs is 1. The smallest absolute Gasteiger partial charge is 0.259 e. The van der Waals surface area contributed by atoms with E-state index in [9.17, 15) is 23.2 Å². The maximum atomic E-state index is 14.2. The number of likely N-dealkylation sites (tertiary alicyclic amines) is 1. The molecule has 2 aliphatic heterocycles. The number of carbonyl (C=O) groups is 3. The molecular formula is C27H31F2N3O4. The minimum atomic E-state index is -0.891. The fourth-order valence-corrected chi connectivity index (χ4v) is 5.03. The Morgan fingerprint density at radius 3 is 2.36 bits per heavy atom. The topological polar surface area (TPSA) is 79.0 Å². The first-order valence-electron chi connectivity index (χ1n) is 12.3. The van der Waals surface area contributed by atoms with Crippen LogP contribution in [0.15, 0.2) is 42.5 Å². The lowest BCUT2D eigenvalue weighted by Gasteiger charge is -2.42. The van der Waals surface area contributed by atoms with Gasteiger partial charge in [-0.2, -0.15) is 0 Å². The Morgan fingerprint density at radius 1 is 0.944 bits per heavy atom. The van der Waals surface area contributed by atoms with Gasteiger partial charge < -0.3 is 19.9 Å². The van der Waals surface area contributed by atoms with Gasteiger partial charge in [-0.3, -0.25) is 14.4 Å². The van der Waals surface area contributed by atoms with Gasteiger partial charge in [0.15, 0.2) is 0 Å². The second-order valence-corrected chi connectivity index (χ2v) is 9.45. The van der Waals surface area contributed by atoms with Gasteiger partial charge in [-0.1, -0.05) is 24.6 Å². The quantitative estimate of drug-likeness (QED) is 0.650. The van der Waals surface area contributed by atoms with Crippen LogP contribution < -0.4 is 10.1 Å². The lowest BCUT2D eigenvalue weighted by atomic mass is 9.73. The van der Waals surface area contributed by atoms with Crippen LogP contribution in [-0.2, 0) is 4.79 Å². The molecule has 1 saturated heterocycles. The number of para-hydroxylation sites is 1. The van der Waals surface area contributed by atoms with Crippen molar-refractivity contribution in [2.24, 2.45) is 5.41 Å². The number of halogens is 2. The Morgan fingerprint density at radius 2 is 1.64 bits per heavy atom. The minimum Gasteiger partial charge on any atom is -0.491 e. The van der Waals surface area contributed by atoms with Gasteiger partial charge in [0.2, 0.25) is 5.91 Å². The summed E-state index contributed by atoms with van der Waals surface area (Å²) in [7, 11) is 1.73. The molecule has 2 aromatic carbocycles. The summed E-state index contributed by atoms with van der Waals surface area (Å²) in [5.74, 6) is -2.24. The average Bonchev–Trinajstić information content (AvgIpc) is 2.87. The van der Waals surface area contributed by atoms with Crippen LogP contribution in [0.4, 0.5) is 8.78 Å². The number of piperidine rings is 1. The zero-order valence-corrected chi connectivity index (χ0v) is 20.4. The van der Waals surface area contributed by atoms with Gasteiger partial charge >= 0.3 is 0 Å². The minimum absolute atomic E-state index is 0.0235. The Kier molecular flexibility index (Phi) is 7.86. The van der Waals surface area contributed by atoms with Crippen molar-refractivity contribution < 1.29 is 27.9 Å². The molecule has 9 heteroatoms. The number of hydrogen-bond donors (Lipinski definition) is 1. The lowest BCUT2D eigenvalue weighted by Crippen LogP contribution is -2.51. The molecule has 3 amide bonds. The molecule has 1 fully saturated rings. The molecule has 36 heavy (non-hydrogen) atoms. The van der Waals surface area contributed by atoms with E-state index in [-0.39, 0.29) is 31.5 Å². The molecule has 0 radical (unpaired) electrons. The number of amides is 3. The molecule has 0 aromatic heterocycles. The van der Waals surface area contributed by atoms with Crippen LogP contribution in [-0.4, -0.2) is 67.4 Å². The van der Waals surface area contributed by atoms with Crippen LogP contribution in [0.2, 0.25) is 0 Å². The van der Waals surface area contributed by atoms with E-state index in [1.54, 1.807) is 36.2 Å². The van der Waals surface area contributed by atoms with Crippen molar-refractivity contribution >= 4 is 17.7 Å². The van der Waals surface area contributed by atoms with E-state index in [1.165, 1.54) is 11.0 Å². The number of hydrogen-bond acceptors (Lipinski definition) is 4. The normalized spacial score (nSPS) is 19.2. The van der Waals surface area contributed by atoms with Crippen molar-refractivity contribution in [1.29, 1.82) is 0 Å². The summed E-state index contributed by atoms with van der Waals surface area (Å²) in [5.41, 5.74) is -0.787. The average molecular weight is 500 g/mol. The highest BCUT2D eigenvalue weighted by atomic mass is 19.1. The van der Waals surface area contributed by atoms with Gasteiger partial charge in [-0.05, 0) is 49.9 Å². The summed E-state index contributed by atoms with van der Waals surface area (Å²) < 4.78 is 34.2. The number of rotatable bonds is 1. The monoisotopic (exact) mass is 499 g/mol. The summed E-state index contributed by atoms with van der Waals surface area (Å²) in [6.07, 6.45) is 2.80. The van der Waals surface area contributed by atoms with Crippen LogP contribution in [0.25, 0.3) is 0 Å². The molecule has 7 nitrogen and oxygen atoms in total. The summed E-state index contributed by atoms with van der Waals surface area (Å²) in [6.45, 7) is 1.48. The highest BCUT2D eigenvalue weighted by Gasteiger charge is 2.43. The van der Waals surface area contributed by atoms with E-state index >= 15 is 0 Å². The van der Waals surface area contributed by atoms with Gasteiger partial charge in [-0.15, -0.1) is 0 Å². The largest absolute Gasteiger partial charge is 0.491 e. The fourth-order valence-electron chi connectivity index (χ4n) is 5.03. The maximum absolute atomic E-state index is 14.2. The highest BCUT2D eigenvalue weighted by molar-refractivity contribution is 5.97. The second kappa shape index (κ2) is 11.1. The van der Waals surface area contributed by atoms with E-state index in [1.807, 2.05) is 0 Å². The van der Waals surface area contributed by atoms with E-state index in [2.05, 4.69) is 5.32 Å². The van der Waals surface area contributed by atoms with Gasteiger partial charge in [0.1, 0.15) is 29.6 Å².